The van der Waals surface area contributed by atoms with E-state index in [2.05, 4.69) is 27.5 Å². The summed E-state index contributed by atoms with van der Waals surface area (Å²) in [5.74, 6) is 0. The zero-order valence-electron chi connectivity index (χ0n) is 6.00. The Hall–Kier alpha value is -1.19. The molecule has 0 spiro atoms. The Balaban J connectivity index is 2.89. The number of aryl methyl sites for hydroxylation is 1. The lowest BCUT2D eigenvalue weighted by Crippen LogP contribution is -2.09. The predicted octanol–water partition coefficient (Wildman–Crippen LogP) is 0.316. The van der Waals surface area contributed by atoms with Gasteiger partial charge in [0.05, 0.1) is 17.4 Å². The standard InChI is InChI=1S/C6H7N3OS/c1-9-6(10)2-5(8-9)3-7-4-11/h2,8H,3H2,1H3. The Morgan fingerprint density at radius 2 is 2.64 bits per heavy atom. The van der Waals surface area contributed by atoms with Crippen molar-refractivity contribution in [2.75, 3.05) is 0 Å². The molecule has 0 aliphatic heterocycles. The molecular formula is C6H7N3OS. The van der Waals surface area contributed by atoms with Gasteiger partial charge in [-0.15, -0.1) is 0 Å². The van der Waals surface area contributed by atoms with E-state index in [0.29, 0.717) is 6.54 Å². The van der Waals surface area contributed by atoms with E-state index < -0.39 is 0 Å². The molecular weight excluding hydrogens is 162 g/mol. The topological polar surface area (TPSA) is 50.1 Å². The maximum absolute atomic E-state index is 10.8. The Labute approximate surface area is 68.5 Å². The van der Waals surface area contributed by atoms with Crippen LogP contribution in [0.25, 0.3) is 0 Å². The van der Waals surface area contributed by atoms with Gasteiger partial charge in [-0.05, 0) is 12.2 Å². The summed E-state index contributed by atoms with van der Waals surface area (Å²) in [6.07, 6.45) is 0. The fraction of sp³-hybridized carbons (Fsp3) is 0.333. The van der Waals surface area contributed by atoms with Gasteiger partial charge in [-0.2, -0.15) is 0 Å². The normalized spacial score (nSPS) is 9.18. The van der Waals surface area contributed by atoms with Gasteiger partial charge in [-0.3, -0.25) is 14.6 Å². The number of nitrogens with zero attached hydrogens (tertiary/aromatic N) is 2. The van der Waals surface area contributed by atoms with Crippen molar-refractivity contribution in [1.29, 1.82) is 0 Å². The van der Waals surface area contributed by atoms with E-state index in [1.807, 2.05) is 0 Å². The first-order chi connectivity index (χ1) is 5.24. The van der Waals surface area contributed by atoms with Gasteiger partial charge < -0.3 is 0 Å². The molecule has 0 amide bonds. The molecule has 5 heteroatoms. The zero-order valence-corrected chi connectivity index (χ0v) is 6.81. The van der Waals surface area contributed by atoms with E-state index in [4.69, 9.17) is 0 Å². The van der Waals surface area contributed by atoms with Crippen molar-refractivity contribution in [3.8, 4) is 0 Å². The number of isothiocyanates is 1. The van der Waals surface area contributed by atoms with E-state index in [1.165, 1.54) is 10.7 Å². The highest BCUT2D eigenvalue weighted by molar-refractivity contribution is 7.78. The molecule has 0 radical (unpaired) electrons. The van der Waals surface area contributed by atoms with Crippen LogP contribution in [-0.2, 0) is 13.6 Å². The second kappa shape index (κ2) is 3.27. The average Bonchev–Trinajstić information content (AvgIpc) is 2.28. The molecule has 0 atom stereocenters. The summed E-state index contributed by atoms with van der Waals surface area (Å²) >= 11 is 4.38. The van der Waals surface area contributed by atoms with E-state index in [9.17, 15) is 4.79 Å². The molecule has 1 aromatic heterocycles. The van der Waals surface area contributed by atoms with Crippen molar-refractivity contribution in [1.82, 2.24) is 9.78 Å². The largest absolute Gasteiger partial charge is 0.298 e. The van der Waals surface area contributed by atoms with Crippen LogP contribution in [0.5, 0.6) is 0 Å². The average molecular weight is 169 g/mol. The molecule has 58 valence electrons. The number of thiocarbonyl (C=S) groups is 1. The summed E-state index contributed by atoms with van der Waals surface area (Å²) in [4.78, 5) is 14.5. The second-order valence-electron chi connectivity index (χ2n) is 2.09. The van der Waals surface area contributed by atoms with Crippen LogP contribution < -0.4 is 5.56 Å². The predicted molar refractivity (Wildman–Crippen MR) is 44.8 cm³/mol. The van der Waals surface area contributed by atoms with Crippen LogP contribution in [0.4, 0.5) is 0 Å². The lowest BCUT2D eigenvalue weighted by Gasteiger charge is -1.87. The summed E-state index contributed by atoms with van der Waals surface area (Å²) in [6, 6.07) is 1.48. The summed E-state index contributed by atoms with van der Waals surface area (Å²) in [6.45, 7) is 0.388. The van der Waals surface area contributed by atoms with Gasteiger partial charge in [-0.1, -0.05) is 0 Å². The third-order valence-electron chi connectivity index (χ3n) is 1.25. The van der Waals surface area contributed by atoms with Crippen molar-refractivity contribution in [3.05, 3.63) is 22.1 Å². The molecule has 0 saturated heterocycles. The zero-order chi connectivity index (χ0) is 8.27. The summed E-state index contributed by atoms with van der Waals surface area (Å²) in [5.41, 5.74) is 0.675. The smallest absolute Gasteiger partial charge is 0.266 e. The van der Waals surface area contributed by atoms with Crippen LogP contribution in [0.1, 0.15) is 5.69 Å². The van der Waals surface area contributed by atoms with Crippen molar-refractivity contribution in [2.45, 2.75) is 6.54 Å². The molecule has 0 aliphatic rings. The number of aliphatic imine (C=N–C) groups is 1. The first-order valence-corrected chi connectivity index (χ1v) is 3.43. The molecule has 0 bridgehead atoms. The highest BCUT2D eigenvalue weighted by Gasteiger charge is 1.96. The third kappa shape index (κ3) is 1.86. The lowest BCUT2D eigenvalue weighted by molar-refractivity contribution is 0.721. The van der Waals surface area contributed by atoms with Gasteiger partial charge in [0.15, 0.2) is 0 Å². The Morgan fingerprint density at radius 3 is 3.09 bits per heavy atom. The van der Waals surface area contributed by atoms with Crippen LogP contribution in [0.2, 0.25) is 0 Å². The third-order valence-corrected chi connectivity index (χ3v) is 1.38. The van der Waals surface area contributed by atoms with Crippen molar-refractivity contribution >= 4 is 17.4 Å². The van der Waals surface area contributed by atoms with Gasteiger partial charge in [0.1, 0.15) is 0 Å². The SMILES string of the molecule is Cn1[nH]c(CN=C=S)cc1=O. The van der Waals surface area contributed by atoms with Crippen LogP contribution in [0.15, 0.2) is 15.9 Å². The number of aromatic amines is 1. The minimum atomic E-state index is -0.0698. The molecule has 1 N–H and O–H groups in total. The maximum Gasteiger partial charge on any atom is 0.266 e. The summed E-state index contributed by atoms with van der Waals surface area (Å²) < 4.78 is 1.38. The van der Waals surface area contributed by atoms with E-state index in [0.717, 1.165) is 5.69 Å². The van der Waals surface area contributed by atoms with E-state index >= 15 is 0 Å². The van der Waals surface area contributed by atoms with Gasteiger partial charge in [-0.25, -0.2) is 4.99 Å². The van der Waals surface area contributed by atoms with Crippen molar-refractivity contribution < 1.29 is 0 Å². The highest BCUT2D eigenvalue weighted by atomic mass is 32.1. The molecule has 0 unspecified atom stereocenters. The van der Waals surface area contributed by atoms with E-state index in [-0.39, 0.29) is 5.56 Å². The first kappa shape index (κ1) is 7.91. The first-order valence-electron chi connectivity index (χ1n) is 3.02. The molecule has 0 aliphatic carbocycles. The number of hydrogen-bond donors (Lipinski definition) is 1. The number of aromatic nitrogens is 2. The summed E-state index contributed by atoms with van der Waals surface area (Å²) in [7, 11) is 1.65. The molecule has 4 nitrogen and oxygen atoms in total. The van der Waals surface area contributed by atoms with Crippen molar-refractivity contribution in [3.63, 3.8) is 0 Å². The van der Waals surface area contributed by atoms with E-state index in [1.54, 1.807) is 7.05 Å². The van der Waals surface area contributed by atoms with Gasteiger partial charge in [0.25, 0.3) is 5.56 Å². The molecule has 0 saturated carbocycles. The maximum atomic E-state index is 10.8. The molecule has 1 heterocycles. The van der Waals surface area contributed by atoms with Crippen molar-refractivity contribution in [2.24, 2.45) is 12.0 Å². The molecule has 0 aromatic carbocycles. The Kier molecular flexibility index (Phi) is 2.36. The minimum Gasteiger partial charge on any atom is -0.298 e. The molecule has 1 rings (SSSR count). The molecule has 1 aromatic rings. The quantitative estimate of drug-likeness (QED) is 0.512. The van der Waals surface area contributed by atoms with Crippen LogP contribution in [-0.4, -0.2) is 14.9 Å². The molecule has 0 fully saturated rings. The fourth-order valence-electron chi connectivity index (χ4n) is 0.747. The number of H-pyrrole nitrogens is 1. The number of nitrogens with one attached hydrogen (secondary N) is 1. The second-order valence-corrected chi connectivity index (χ2v) is 2.27. The van der Waals surface area contributed by atoms with Crippen LogP contribution >= 0.6 is 12.2 Å². The van der Waals surface area contributed by atoms with Crippen LogP contribution in [0.3, 0.4) is 0 Å². The molecule has 11 heavy (non-hydrogen) atoms. The van der Waals surface area contributed by atoms with Gasteiger partial charge in [0, 0.05) is 13.1 Å². The monoisotopic (exact) mass is 169 g/mol. The summed E-state index contributed by atoms with van der Waals surface area (Å²) in [5, 5.41) is 5.03. The van der Waals surface area contributed by atoms with Gasteiger partial charge in [0.2, 0.25) is 0 Å². The van der Waals surface area contributed by atoms with Gasteiger partial charge >= 0.3 is 0 Å². The van der Waals surface area contributed by atoms with Crippen LogP contribution in [0, 0.1) is 0 Å². The number of rotatable bonds is 2. The lowest BCUT2D eigenvalue weighted by atomic mass is 10.4. The fourth-order valence-corrected chi connectivity index (χ4v) is 0.812. The minimum absolute atomic E-state index is 0.0698. The highest BCUT2D eigenvalue weighted by Crippen LogP contribution is 1.90. The number of hydrogen-bond acceptors (Lipinski definition) is 3. The Morgan fingerprint density at radius 1 is 1.91 bits per heavy atom. The Bertz CT molecular complexity index is 345.